The summed E-state index contributed by atoms with van der Waals surface area (Å²) in [7, 11) is 0. The second-order valence-corrected chi connectivity index (χ2v) is 8.17. The van der Waals surface area contributed by atoms with Gasteiger partial charge in [-0.25, -0.2) is 4.98 Å². The lowest BCUT2D eigenvalue weighted by molar-refractivity contribution is -0.384. The van der Waals surface area contributed by atoms with Crippen LogP contribution in [-0.4, -0.2) is 26.8 Å². The predicted octanol–water partition coefficient (Wildman–Crippen LogP) is 4.77. The van der Waals surface area contributed by atoms with E-state index in [4.69, 9.17) is 0 Å². The molecule has 8 heteroatoms. The zero-order chi connectivity index (χ0) is 18.3. The van der Waals surface area contributed by atoms with Crippen LogP contribution < -0.4 is 0 Å². The SMILES string of the molecule is O=C(c1nc2ccc(Br)cc2s1)N(Cc1cccc([N+](=O)[O-])c1)C1CC1. The van der Waals surface area contributed by atoms with Gasteiger partial charge in [-0.05, 0) is 36.6 Å². The standard InChI is InChI=1S/C18H14BrN3O3S/c19-12-4-7-15-16(9-12)26-17(20-15)18(23)21(13-5-6-13)10-11-2-1-3-14(8-11)22(24)25/h1-4,7-9,13H,5-6,10H2. The highest BCUT2D eigenvalue weighted by Crippen LogP contribution is 2.32. The van der Waals surface area contributed by atoms with E-state index in [2.05, 4.69) is 20.9 Å². The van der Waals surface area contributed by atoms with Gasteiger partial charge in [0.05, 0.1) is 15.1 Å². The van der Waals surface area contributed by atoms with Crippen molar-refractivity contribution in [1.82, 2.24) is 9.88 Å². The first kappa shape index (κ1) is 17.1. The summed E-state index contributed by atoms with van der Waals surface area (Å²) in [5.74, 6) is -0.115. The van der Waals surface area contributed by atoms with Crippen LogP contribution in [0.3, 0.4) is 0 Å². The number of halogens is 1. The van der Waals surface area contributed by atoms with Crippen LogP contribution in [0, 0.1) is 10.1 Å². The number of benzene rings is 2. The van der Waals surface area contributed by atoms with Gasteiger partial charge >= 0.3 is 0 Å². The first-order chi connectivity index (χ1) is 12.5. The van der Waals surface area contributed by atoms with Crippen molar-refractivity contribution in [1.29, 1.82) is 0 Å². The lowest BCUT2D eigenvalue weighted by Crippen LogP contribution is -2.32. The normalized spacial score (nSPS) is 13.7. The van der Waals surface area contributed by atoms with Crippen molar-refractivity contribution < 1.29 is 9.72 Å². The van der Waals surface area contributed by atoms with Crippen LogP contribution in [-0.2, 0) is 6.54 Å². The summed E-state index contributed by atoms with van der Waals surface area (Å²) in [6, 6.07) is 12.4. The molecule has 1 aliphatic rings. The van der Waals surface area contributed by atoms with Crippen LogP contribution in [0.25, 0.3) is 10.2 Å². The molecule has 6 nitrogen and oxygen atoms in total. The lowest BCUT2D eigenvalue weighted by Gasteiger charge is -2.21. The molecule has 3 aromatic rings. The molecule has 2 aromatic carbocycles. The van der Waals surface area contributed by atoms with Crippen molar-refractivity contribution in [3.8, 4) is 0 Å². The van der Waals surface area contributed by atoms with Crippen LogP contribution in [0.1, 0.15) is 28.2 Å². The topological polar surface area (TPSA) is 76.3 Å². The number of hydrogen-bond donors (Lipinski definition) is 0. The van der Waals surface area contributed by atoms with Gasteiger partial charge in [0.2, 0.25) is 0 Å². The number of non-ortho nitro benzene ring substituents is 1. The van der Waals surface area contributed by atoms with Gasteiger partial charge in [0.15, 0.2) is 5.01 Å². The fraction of sp³-hybridized carbons (Fsp3) is 0.222. The smallest absolute Gasteiger partial charge is 0.283 e. The third kappa shape index (κ3) is 3.47. The highest BCUT2D eigenvalue weighted by atomic mass is 79.9. The van der Waals surface area contributed by atoms with Crippen LogP contribution in [0.2, 0.25) is 0 Å². The highest BCUT2D eigenvalue weighted by molar-refractivity contribution is 9.10. The number of hydrogen-bond acceptors (Lipinski definition) is 5. The number of nitro benzene ring substituents is 1. The molecule has 1 fully saturated rings. The van der Waals surface area contributed by atoms with Gasteiger partial charge in [-0.1, -0.05) is 28.1 Å². The maximum absolute atomic E-state index is 13.0. The average molecular weight is 432 g/mol. The maximum Gasteiger partial charge on any atom is 0.283 e. The van der Waals surface area contributed by atoms with Gasteiger partial charge in [0.25, 0.3) is 11.6 Å². The van der Waals surface area contributed by atoms with Crippen molar-refractivity contribution >= 4 is 49.1 Å². The molecule has 1 amide bonds. The molecule has 1 aliphatic carbocycles. The Balaban J connectivity index is 1.62. The van der Waals surface area contributed by atoms with Crippen LogP contribution in [0.5, 0.6) is 0 Å². The minimum Gasteiger partial charge on any atom is -0.329 e. The van der Waals surface area contributed by atoms with Gasteiger partial charge in [0, 0.05) is 29.2 Å². The molecule has 0 saturated heterocycles. The van der Waals surface area contributed by atoms with E-state index in [9.17, 15) is 14.9 Å². The van der Waals surface area contributed by atoms with E-state index in [1.165, 1.54) is 23.5 Å². The summed E-state index contributed by atoms with van der Waals surface area (Å²) >= 11 is 4.80. The van der Waals surface area contributed by atoms with Crippen molar-refractivity contribution in [2.24, 2.45) is 0 Å². The molecule has 0 atom stereocenters. The number of amides is 1. The molecule has 0 spiro atoms. The van der Waals surface area contributed by atoms with E-state index >= 15 is 0 Å². The second kappa shape index (κ2) is 6.77. The van der Waals surface area contributed by atoms with Gasteiger partial charge in [-0.15, -0.1) is 11.3 Å². The summed E-state index contributed by atoms with van der Waals surface area (Å²) in [4.78, 5) is 29.8. The average Bonchev–Trinajstić information content (AvgIpc) is 3.38. The van der Waals surface area contributed by atoms with Gasteiger partial charge < -0.3 is 4.90 Å². The van der Waals surface area contributed by atoms with Gasteiger partial charge in [0.1, 0.15) is 0 Å². The molecule has 1 heterocycles. The van der Waals surface area contributed by atoms with Gasteiger partial charge in [-0.2, -0.15) is 0 Å². The summed E-state index contributed by atoms with van der Waals surface area (Å²) < 4.78 is 1.90. The summed E-state index contributed by atoms with van der Waals surface area (Å²) in [6.45, 7) is 0.352. The first-order valence-electron chi connectivity index (χ1n) is 8.11. The number of rotatable bonds is 5. The van der Waals surface area contributed by atoms with Crippen molar-refractivity contribution in [3.63, 3.8) is 0 Å². The molecule has 0 N–H and O–H groups in total. The molecular weight excluding hydrogens is 418 g/mol. The third-order valence-corrected chi connectivity index (χ3v) is 5.76. The van der Waals surface area contributed by atoms with Crippen LogP contribution in [0.4, 0.5) is 5.69 Å². The summed E-state index contributed by atoms with van der Waals surface area (Å²) in [5, 5.41) is 11.4. The molecule has 0 radical (unpaired) electrons. The Labute approximate surface area is 161 Å². The quantitative estimate of drug-likeness (QED) is 0.430. The lowest BCUT2D eigenvalue weighted by atomic mass is 10.2. The monoisotopic (exact) mass is 431 g/mol. The van der Waals surface area contributed by atoms with E-state index in [0.29, 0.717) is 11.6 Å². The van der Waals surface area contributed by atoms with Crippen molar-refractivity contribution in [3.05, 3.63) is 67.6 Å². The maximum atomic E-state index is 13.0. The largest absolute Gasteiger partial charge is 0.329 e. The van der Waals surface area contributed by atoms with Crippen molar-refractivity contribution in [2.45, 2.75) is 25.4 Å². The molecule has 1 aromatic heterocycles. The fourth-order valence-corrected chi connectivity index (χ4v) is 4.30. The molecule has 132 valence electrons. The van der Waals surface area contributed by atoms with E-state index in [1.54, 1.807) is 11.0 Å². The van der Waals surface area contributed by atoms with Crippen LogP contribution >= 0.6 is 27.3 Å². The number of carbonyl (C=O) groups is 1. The number of nitro groups is 1. The number of carbonyl (C=O) groups excluding carboxylic acids is 1. The fourth-order valence-electron chi connectivity index (χ4n) is 2.83. The minimum atomic E-state index is -0.418. The molecule has 4 rings (SSSR count). The Hall–Kier alpha value is -2.32. The number of thiazole rings is 1. The summed E-state index contributed by atoms with van der Waals surface area (Å²) in [5.41, 5.74) is 1.59. The Kier molecular flexibility index (Phi) is 4.46. The second-order valence-electron chi connectivity index (χ2n) is 6.22. The Morgan fingerprint density at radius 3 is 2.85 bits per heavy atom. The Morgan fingerprint density at radius 1 is 1.31 bits per heavy atom. The number of aromatic nitrogens is 1. The predicted molar refractivity (Wildman–Crippen MR) is 103 cm³/mol. The third-order valence-electron chi connectivity index (χ3n) is 4.26. The summed E-state index contributed by atoms with van der Waals surface area (Å²) in [6.07, 6.45) is 1.91. The zero-order valence-electron chi connectivity index (χ0n) is 13.6. The van der Waals surface area contributed by atoms with Crippen LogP contribution in [0.15, 0.2) is 46.9 Å². The van der Waals surface area contributed by atoms with E-state index in [1.807, 2.05) is 24.3 Å². The molecular formula is C18H14BrN3O3S. The first-order valence-corrected chi connectivity index (χ1v) is 9.72. The number of nitrogens with zero attached hydrogens (tertiary/aromatic N) is 3. The Bertz CT molecular complexity index is 1020. The highest BCUT2D eigenvalue weighted by Gasteiger charge is 2.34. The van der Waals surface area contributed by atoms with E-state index in [0.717, 1.165) is 33.1 Å². The number of fused-ring (bicyclic) bond motifs is 1. The molecule has 1 saturated carbocycles. The zero-order valence-corrected chi connectivity index (χ0v) is 16.0. The van der Waals surface area contributed by atoms with E-state index in [-0.39, 0.29) is 17.6 Å². The Morgan fingerprint density at radius 2 is 2.12 bits per heavy atom. The van der Waals surface area contributed by atoms with Gasteiger partial charge in [-0.3, -0.25) is 14.9 Å². The molecule has 26 heavy (non-hydrogen) atoms. The minimum absolute atomic E-state index is 0.0375. The molecule has 0 unspecified atom stereocenters. The van der Waals surface area contributed by atoms with Crippen molar-refractivity contribution in [2.75, 3.05) is 0 Å². The molecule has 0 aliphatic heterocycles. The molecule has 0 bridgehead atoms. The van der Waals surface area contributed by atoms with E-state index < -0.39 is 4.92 Å².